The second-order valence-corrected chi connectivity index (χ2v) is 3.19. The van der Waals surface area contributed by atoms with Crippen molar-refractivity contribution in [1.29, 1.82) is 5.41 Å². The van der Waals surface area contributed by atoms with Gasteiger partial charge in [0.25, 0.3) is 0 Å². The summed E-state index contributed by atoms with van der Waals surface area (Å²) >= 11 is 0. The van der Waals surface area contributed by atoms with Crippen molar-refractivity contribution < 1.29 is 9.26 Å². The van der Waals surface area contributed by atoms with Gasteiger partial charge in [0, 0.05) is 7.05 Å². The van der Waals surface area contributed by atoms with E-state index >= 15 is 0 Å². The van der Waals surface area contributed by atoms with E-state index < -0.39 is 5.76 Å². The summed E-state index contributed by atoms with van der Waals surface area (Å²) in [5.74, 6) is -0.100. The highest BCUT2D eigenvalue weighted by Gasteiger charge is 2.12. The van der Waals surface area contributed by atoms with Crippen LogP contribution in [-0.4, -0.2) is 16.4 Å². The van der Waals surface area contributed by atoms with Crippen molar-refractivity contribution in [3.63, 3.8) is 0 Å². The molecular formula is C10H11N3O3. The van der Waals surface area contributed by atoms with Gasteiger partial charge in [0.15, 0.2) is 0 Å². The summed E-state index contributed by atoms with van der Waals surface area (Å²) in [5, 5.41) is 7.70. The van der Waals surface area contributed by atoms with Gasteiger partial charge in [-0.15, -0.1) is 0 Å². The molecule has 0 aliphatic heterocycles. The number of aryl methyl sites for hydroxylation is 1. The minimum Gasteiger partial charge on any atom is -0.495 e. The summed E-state index contributed by atoms with van der Waals surface area (Å²) < 4.78 is 12.1. The van der Waals surface area contributed by atoms with E-state index in [1.165, 1.54) is 14.2 Å². The maximum absolute atomic E-state index is 11.5. The zero-order valence-electron chi connectivity index (χ0n) is 8.93. The molecule has 0 bridgehead atoms. The highest BCUT2D eigenvalue weighted by molar-refractivity contribution is 5.45. The van der Waals surface area contributed by atoms with E-state index in [1.807, 2.05) is 0 Å². The zero-order valence-corrected chi connectivity index (χ0v) is 8.93. The van der Waals surface area contributed by atoms with Crippen LogP contribution < -0.4 is 16.1 Å². The van der Waals surface area contributed by atoms with Crippen LogP contribution in [0, 0.1) is 5.41 Å². The molecule has 1 aromatic carbocycles. The summed E-state index contributed by atoms with van der Waals surface area (Å²) in [4.78, 5) is 11.5. The quantitative estimate of drug-likeness (QED) is 0.790. The highest BCUT2D eigenvalue weighted by atomic mass is 16.5. The van der Waals surface area contributed by atoms with Crippen LogP contribution >= 0.6 is 0 Å². The molecule has 2 rings (SSSR count). The molecule has 0 aliphatic rings. The van der Waals surface area contributed by atoms with Crippen molar-refractivity contribution in [2.75, 3.05) is 7.11 Å². The number of benzene rings is 1. The number of ether oxygens (including phenoxy) is 1. The smallest absolute Gasteiger partial charge is 0.446 e. The molecule has 84 valence electrons. The molecule has 0 atom stereocenters. The average Bonchev–Trinajstić information content (AvgIpc) is 2.53. The Balaban J connectivity index is 2.77. The van der Waals surface area contributed by atoms with E-state index in [0.29, 0.717) is 11.4 Å². The van der Waals surface area contributed by atoms with Gasteiger partial charge in [-0.1, -0.05) is 12.1 Å². The van der Waals surface area contributed by atoms with E-state index in [1.54, 1.807) is 24.3 Å². The van der Waals surface area contributed by atoms with Crippen molar-refractivity contribution in [3.8, 4) is 11.4 Å². The fourth-order valence-corrected chi connectivity index (χ4v) is 1.46. The summed E-state index contributed by atoms with van der Waals surface area (Å²) in [6.45, 7) is 0. The van der Waals surface area contributed by atoms with Crippen molar-refractivity contribution in [2.45, 2.75) is 0 Å². The van der Waals surface area contributed by atoms with Gasteiger partial charge in [0.05, 0.1) is 12.8 Å². The lowest BCUT2D eigenvalue weighted by Gasteiger charge is -2.06. The predicted molar refractivity (Wildman–Crippen MR) is 55.7 cm³/mol. The van der Waals surface area contributed by atoms with Gasteiger partial charge in [-0.05, 0) is 12.1 Å². The Morgan fingerprint density at radius 2 is 2.06 bits per heavy atom. The molecule has 1 aromatic heterocycles. The number of methoxy groups -OCH3 is 1. The van der Waals surface area contributed by atoms with Crippen LogP contribution in [0.3, 0.4) is 0 Å². The van der Waals surface area contributed by atoms with E-state index in [4.69, 9.17) is 14.7 Å². The van der Waals surface area contributed by atoms with E-state index in [-0.39, 0.29) is 5.62 Å². The highest BCUT2D eigenvalue weighted by Crippen LogP contribution is 2.18. The SMILES string of the molecule is COc1ccccc1-n1c(=O)on(C)c1=N. The summed E-state index contributed by atoms with van der Waals surface area (Å²) in [6, 6.07) is 6.95. The lowest BCUT2D eigenvalue weighted by Crippen LogP contribution is -2.26. The molecule has 0 aliphatic carbocycles. The van der Waals surface area contributed by atoms with Gasteiger partial charge < -0.3 is 9.26 Å². The Hall–Kier alpha value is -2.24. The average molecular weight is 221 g/mol. The minimum absolute atomic E-state index is 0.0468. The van der Waals surface area contributed by atoms with Crippen LogP contribution in [0.5, 0.6) is 5.75 Å². The second kappa shape index (κ2) is 3.73. The number of nitrogens with one attached hydrogen (secondary N) is 1. The first kappa shape index (κ1) is 10.3. The molecule has 1 heterocycles. The summed E-state index contributed by atoms with van der Waals surface area (Å²) in [6.07, 6.45) is 0. The minimum atomic E-state index is -0.614. The van der Waals surface area contributed by atoms with Crippen molar-refractivity contribution in [3.05, 3.63) is 40.4 Å². The molecule has 0 saturated carbocycles. The van der Waals surface area contributed by atoms with Crippen LogP contribution in [-0.2, 0) is 7.05 Å². The topological polar surface area (TPSA) is 73.2 Å². The number of hydrogen-bond donors (Lipinski definition) is 1. The van der Waals surface area contributed by atoms with Crippen molar-refractivity contribution >= 4 is 0 Å². The maximum atomic E-state index is 11.5. The standard InChI is InChI=1S/C10H11N3O3/c1-12-9(11)13(10(14)16-12)7-5-3-4-6-8(7)15-2/h3-6,11H,1-2H3. The van der Waals surface area contributed by atoms with E-state index in [9.17, 15) is 4.79 Å². The van der Waals surface area contributed by atoms with Crippen LogP contribution in [0.15, 0.2) is 33.6 Å². The van der Waals surface area contributed by atoms with Crippen molar-refractivity contribution in [2.24, 2.45) is 7.05 Å². The first-order chi connectivity index (χ1) is 7.65. The Labute approximate surface area is 90.8 Å². The molecule has 16 heavy (non-hydrogen) atoms. The summed E-state index contributed by atoms with van der Waals surface area (Å²) in [7, 11) is 3.00. The van der Waals surface area contributed by atoms with Crippen LogP contribution in [0.25, 0.3) is 5.69 Å². The third kappa shape index (κ3) is 1.44. The number of hydrogen-bond acceptors (Lipinski definition) is 4. The molecule has 0 unspecified atom stereocenters. The third-order valence-corrected chi connectivity index (χ3v) is 2.23. The molecule has 1 N–H and O–H groups in total. The molecule has 6 heteroatoms. The van der Waals surface area contributed by atoms with Gasteiger partial charge in [-0.2, -0.15) is 4.74 Å². The number of nitrogens with zero attached hydrogens (tertiary/aromatic N) is 2. The fourth-order valence-electron chi connectivity index (χ4n) is 1.46. The molecule has 0 spiro atoms. The normalized spacial score (nSPS) is 10.4. The molecule has 6 nitrogen and oxygen atoms in total. The number of para-hydroxylation sites is 2. The fraction of sp³-hybridized carbons (Fsp3) is 0.200. The largest absolute Gasteiger partial charge is 0.495 e. The maximum Gasteiger partial charge on any atom is 0.446 e. The van der Waals surface area contributed by atoms with Gasteiger partial charge >= 0.3 is 5.76 Å². The molecule has 0 fully saturated rings. The van der Waals surface area contributed by atoms with Crippen LogP contribution in [0.1, 0.15) is 0 Å². The first-order valence-electron chi connectivity index (χ1n) is 4.62. The van der Waals surface area contributed by atoms with Gasteiger partial charge in [-0.25, -0.2) is 9.36 Å². The molecule has 0 saturated heterocycles. The van der Waals surface area contributed by atoms with Gasteiger partial charge in [-0.3, -0.25) is 5.41 Å². The third-order valence-electron chi connectivity index (χ3n) is 2.23. The van der Waals surface area contributed by atoms with Gasteiger partial charge in [0.1, 0.15) is 5.75 Å². The Kier molecular flexibility index (Phi) is 2.40. The second-order valence-electron chi connectivity index (χ2n) is 3.19. The Bertz CT molecular complexity index is 621. The lowest BCUT2D eigenvalue weighted by molar-refractivity contribution is 0.272. The monoisotopic (exact) mass is 221 g/mol. The predicted octanol–water partition coefficient (Wildman–Crippen LogP) is 0.257. The number of aromatic nitrogens is 2. The summed E-state index contributed by atoms with van der Waals surface area (Å²) in [5.41, 5.74) is 0.443. The van der Waals surface area contributed by atoms with E-state index in [0.717, 1.165) is 9.31 Å². The van der Waals surface area contributed by atoms with Crippen LogP contribution in [0.2, 0.25) is 0 Å². The Morgan fingerprint density at radius 1 is 1.38 bits per heavy atom. The van der Waals surface area contributed by atoms with E-state index in [2.05, 4.69) is 0 Å². The zero-order chi connectivity index (χ0) is 11.7. The molecule has 2 aromatic rings. The Morgan fingerprint density at radius 3 is 2.62 bits per heavy atom. The lowest BCUT2D eigenvalue weighted by atomic mass is 10.3. The molecule has 0 amide bonds. The van der Waals surface area contributed by atoms with Crippen molar-refractivity contribution in [1.82, 2.24) is 9.31 Å². The first-order valence-corrected chi connectivity index (χ1v) is 4.62. The van der Waals surface area contributed by atoms with Gasteiger partial charge in [0.2, 0.25) is 5.62 Å². The van der Waals surface area contributed by atoms with Crippen LogP contribution in [0.4, 0.5) is 0 Å². The molecular weight excluding hydrogens is 210 g/mol. The number of rotatable bonds is 2. The molecule has 0 radical (unpaired) electrons.